The first-order valence-corrected chi connectivity index (χ1v) is 9.20. The Morgan fingerprint density at radius 2 is 2.00 bits per heavy atom. The molecule has 0 radical (unpaired) electrons. The number of ether oxygens (including phenoxy) is 3. The van der Waals surface area contributed by atoms with Gasteiger partial charge in [-0.3, -0.25) is 4.79 Å². The third-order valence-electron chi connectivity index (χ3n) is 4.51. The number of benzene rings is 2. The first-order valence-electron chi connectivity index (χ1n) is 8.83. The van der Waals surface area contributed by atoms with Gasteiger partial charge in [-0.1, -0.05) is 11.6 Å². The number of rotatable bonds is 5. The Hall–Kier alpha value is -2.40. The van der Waals surface area contributed by atoms with E-state index in [-0.39, 0.29) is 18.6 Å². The molecule has 27 heavy (non-hydrogen) atoms. The summed E-state index contributed by atoms with van der Waals surface area (Å²) in [5, 5.41) is 3.72. The molecule has 0 bridgehead atoms. The van der Waals surface area contributed by atoms with Crippen LogP contribution in [0.25, 0.3) is 0 Å². The van der Waals surface area contributed by atoms with E-state index < -0.39 is 5.60 Å². The van der Waals surface area contributed by atoms with Gasteiger partial charge in [0, 0.05) is 23.1 Å². The lowest BCUT2D eigenvalue weighted by atomic mass is 9.89. The molecular weight excluding hydrogens is 366 g/mol. The Balaban J connectivity index is 1.69. The second kappa shape index (κ2) is 7.69. The number of carbonyl (C=O) groups excluding carboxylic acids is 1. The molecule has 2 aromatic rings. The molecule has 1 amide bonds. The zero-order chi connectivity index (χ0) is 19.6. The zero-order valence-corrected chi connectivity index (χ0v) is 16.7. The van der Waals surface area contributed by atoms with Crippen LogP contribution < -0.4 is 19.5 Å². The van der Waals surface area contributed by atoms with Gasteiger partial charge in [0.2, 0.25) is 0 Å². The average Bonchev–Trinajstić information content (AvgIpc) is 2.61. The molecule has 0 aromatic heterocycles. The molecule has 0 saturated carbocycles. The quantitative estimate of drug-likeness (QED) is 0.820. The van der Waals surface area contributed by atoms with Gasteiger partial charge >= 0.3 is 0 Å². The highest BCUT2D eigenvalue weighted by atomic mass is 35.5. The highest BCUT2D eigenvalue weighted by molar-refractivity contribution is 6.31. The third-order valence-corrected chi connectivity index (χ3v) is 4.94. The van der Waals surface area contributed by atoms with Crippen LogP contribution in [0.15, 0.2) is 36.4 Å². The number of hydrogen-bond donors (Lipinski definition) is 1. The van der Waals surface area contributed by atoms with Gasteiger partial charge in [0.25, 0.3) is 5.91 Å². The Kier molecular flexibility index (Phi) is 5.51. The minimum absolute atomic E-state index is 0.0651. The second-order valence-corrected chi connectivity index (χ2v) is 7.70. The Morgan fingerprint density at radius 3 is 2.70 bits per heavy atom. The molecule has 0 fully saturated rings. The predicted molar refractivity (Wildman–Crippen MR) is 105 cm³/mol. The van der Waals surface area contributed by atoms with Crippen molar-refractivity contribution in [3.63, 3.8) is 0 Å². The van der Waals surface area contributed by atoms with Crippen LogP contribution in [0.3, 0.4) is 0 Å². The summed E-state index contributed by atoms with van der Waals surface area (Å²) >= 11 is 6.01. The van der Waals surface area contributed by atoms with E-state index in [2.05, 4.69) is 5.32 Å². The minimum Gasteiger partial charge on any atom is -0.497 e. The third kappa shape index (κ3) is 4.66. The van der Waals surface area contributed by atoms with Crippen molar-refractivity contribution in [2.24, 2.45) is 0 Å². The van der Waals surface area contributed by atoms with Crippen molar-refractivity contribution < 1.29 is 19.0 Å². The Bertz CT molecular complexity index is 850. The van der Waals surface area contributed by atoms with Gasteiger partial charge in [-0.15, -0.1) is 0 Å². The molecule has 0 aliphatic carbocycles. The largest absolute Gasteiger partial charge is 0.497 e. The van der Waals surface area contributed by atoms with Gasteiger partial charge in [-0.05, 0) is 56.7 Å². The smallest absolute Gasteiger partial charge is 0.258 e. The summed E-state index contributed by atoms with van der Waals surface area (Å²) in [6, 6.07) is 10.8. The molecule has 1 atom stereocenters. The number of amides is 1. The van der Waals surface area contributed by atoms with Crippen LogP contribution in [0.5, 0.6) is 17.2 Å². The highest BCUT2D eigenvalue weighted by Gasteiger charge is 2.34. The van der Waals surface area contributed by atoms with Crippen molar-refractivity contribution in [1.29, 1.82) is 0 Å². The number of halogens is 1. The van der Waals surface area contributed by atoms with E-state index in [4.69, 9.17) is 25.8 Å². The van der Waals surface area contributed by atoms with Gasteiger partial charge in [0.1, 0.15) is 22.8 Å². The molecular formula is C21H24ClNO4. The summed E-state index contributed by atoms with van der Waals surface area (Å²) in [5.74, 6) is 1.87. The van der Waals surface area contributed by atoms with Crippen molar-refractivity contribution in [3.8, 4) is 17.2 Å². The van der Waals surface area contributed by atoms with Crippen LogP contribution in [0, 0.1) is 6.92 Å². The summed E-state index contributed by atoms with van der Waals surface area (Å²) in [4.78, 5) is 12.5. The van der Waals surface area contributed by atoms with Crippen LogP contribution in [-0.4, -0.2) is 25.2 Å². The molecule has 1 aliphatic heterocycles. The number of hydrogen-bond acceptors (Lipinski definition) is 4. The van der Waals surface area contributed by atoms with E-state index >= 15 is 0 Å². The normalized spacial score (nSPS) is 17.4. The highest BCUT2D eigenvalue weighted by Crippen LogP contribution is 2.41. The Morgan fingerprint density at radius 1 is 1.26 bits per heavy atom. The molecule has 5 nitrogen and oxygen atoms in total. The molecule has 6 heteroatoms. The second-order valence-electron chi connectivity index (χ2n) is 7.29. The lowest BCUT2D eigenvalue weighted by Crippen LogP contribution is -2.42. The summed E-state index contributed by atoms with van der Waals surface area (Å²) in [5.41, 5.74) is 1.44. The first-order chi connectivity index (χ1) is 12.8. The van der Waals surface area contributed by atoms with Gasteiger partial charge < -0.3 is 19.5 Å². The fourth-order valence-corrected chi connectivity index (χ4v) is 3.30. The maximum Gasteiger partial charge on any atom is 0.258 e. The van der Waals surface area contributed by atoms with E-state index in [1.165, 1.54) is 0 Å². The molecule has 1 unspecified atom stereocenters. The molecule has 1 heterocycles. The molecule has 0 saturated heterocycles. The van der Waals surface area contributed by atoms with Gasteiger partial charge in [0.15, 0.2) is 6.61 Å². The monoisotopic (exact) mass is 389 g/mol. The lowest BCUT2D eigenvalue weighted by molar-refractivity contribution is -0.124. The fraction of sp³-hybridized carbons (Fsp3) is 0.381. The van der Waals surface area contributed by atoms with Crippen molar-refractivity contribution >= 4 is 17.5 Å². The molecule has 1 aliphatic rings. The molecule has 0 spiro atoms. The van der Waals surface area contributed by atoms with Crippen molar-refractivity contribution in [1.82, 2.24) is 5.32 Å². The lowest BCUT2D eigenvalue weighted by Gasteiger charge is -2.38. The summed E-state index contributed by atoms with van der Waals surface area (Å²) in [6.45, 7) is 5.83. The summed E-state index contributed by atoms with van der Waals surface area (Å²) in [6.07, 6.45) is 0.665. The summed E-state index contributed by atoms with van der Waals surface area (Å²) < 4.78 is 16.9. The standard InChI is InChI=1S/C21H24ClNO4/c1-13-9-15(6-8-17(13)22)26-12-20(24)23-18-11-21(2,3)27-19-10-14(25-4)5-7-16(18)19/h5-10,18H,11-12H2,1-4H3,(H,23,24). The maximum atomic E-state index is 12.5. The first kappa shape index (κ1) is 19.4. The minimum atomic E-state index is -0.397. The van der Waals surface area contributed by atoms with Crippen molar-refractivity contribution in [2.45, 2.75) is 38.8 Å². The molecule has 144 valence electrons. The van der Waals surface area contributed by atoms with E-state index in [0.29, 0.717) is 17.2 Å². The number of fused-ring (bicyclic) bond motifs is 1. The van der Waals surface area contributed by atoms with Gasteiger partial charge in [-0.25, -0.2) is 0 Å². The van der Waals surface area contributed by atoms with Crippen LogP contribution >= 0.6 is 11.6 Å². The number of carbonyl (C=O) groups is 1. The van der Waals surface area contributed by atoms with E-state index in [9.17, 15) is 4.79 Å². The number of nitrogens with one attached hydrogen (secondary N) is 1. The topological polar surface area (TPSA) is 56.8 Å². The SMILES string of the molecule is COc1ccc2c(c1)OC(C)(C)CC2NC(=O)COc1ccc(Cl)c(C)c1. The fourth-order valence-electron chi connectivity index (χ4n) is 3.18. The van der Waals surface area contributed by atoms with Crippen LogP contribution in [-0.2, 0) is 4.79 Å². The molecule has 3 rings (SSSR count). The van der Waals surface area contributed by atoms with E-state index in [1.807, 2.05) is 45.0 Å². The van der Waals surface area contributed by atoms with Gasteiger partial charge in [0.05, 0.1) is 13.2 Å². The van der Waals surface area contributed by atoms with Crippen molar-refractivity contribution in [2.75, 3.05) is 13.7 Å². The summed E-state index contributed by atoms with van der Waals surface area (Å²) in [7, 11) is 1.62. The van der Waals surface area contributed by atoms with E-state index in [1.54, 1.807) is 19.2 Å². The van der Waals surface area contributed by atoms with Crippen molar-refractivity contribution in [3.05, 3.63) is 52.5 Å². The number of aryl methyl sites for hydroxylation is 1. The maximum absolute atomic E-state index is 12.5. The molecule has 2 aromatic carbocycles. The zero-order valence-electron chi connectivity index (χ0n) is 16.0. The van der Waals surface area contributed by atoms with Gasteiger partial charge in [-0.2, -0.15) is 0 Å². The average molecular weight is 390 g/mol. The van der Waals surface area contributed by atoms with Crippen LogP contribution in [0.4, 0.5) is 0 Å². The Labute approximate surface area is 164 Å². The van der Waals surface area contributed by atoms with Crippen LogP contribution in [0.2, 0.25) is 5.02 Å². The molecule has 1 N–H and O–H groups in total. The number of methoxy groups -OCH3 is 1. The predicted octanol–water partition coefficient (Wildman–Crippen LogP) is 4.45. The van der Waals surface area contributed by atoms with Crippen LogP contribution in [0.1, 0.15) is 37.4 Å². The van der Waals surface area contributed by atoms with E-state index in [0.717, 1.165) is 22.6 Å².